The van der Waals surface area contributed by atoms with Gasteiger partial charge in [-0.15, -0.1) is 0 Å². The normalized spacial score (nSPS) is 16.7. The smallest absolute Gasteiger partial charge is 0.327 e. The third kappa shape index (κ3) is 7.18. The van der Waals surface area contributed by atoms with E-state index in [1.807, 2.05) is 42.3 Å². The van der Waals surface area contributed by atoms with Crippen LogP contribution in [0, 0.1) is 17.2 Å². The lowest BCUT2D eigenvalue weighted by Crippen LogP contribution is -2.52. The summed E-state index contributed by atoms with van der Waals surface area (Å²) in [6.07, 6.45) is 5.31. The van der Waals surface area contributed by atoms with Crippen molar-refractivity contribution in [3.63, 3.8) is 0 Å². The van der Waals surface area contributed by atoms with Crippen LogP contribution in [0.2, 0.25) is 0 Å². The lowest BCUT2D eigenvalue weighted by atomic mass is 9.92. The number of rotatable bonds is 10. The number of anilines is 2. The lowest BCUT2D eigenvalue weighted by molar-refractivity contribution is -0.131. The van der Waals surface area contributed by atoms with Crippen molar-refractivity contribution in [3.05, 3.63) is 48.4 Å². The minimum Gasteiger partial charge on any atom is -0.354 e. The summed E-state index contributed by atoms with van der Waals surface area (Å²) in [7, 11) is 1.93. The molecule has 12 nitrogen and oxygen atoms in total. The number of carbonyl (C=O) groups excluding carboxylic acids is 3. The molecule has 0 bridgehead atoms. The van der Waals surface area contributed by atoms with Gasteiger partial charge in [0, 0.05) is 45.0 Å². The molecule has 1 aliphatic rings. The third-order valence-electron chi connectivity index (χ3n) is 7.54. The zero-order chi connectivity index (χ0) is 29.4. The van der Waals surface area contributed by atoms with Crippen LogP contribution in [-0.2, 0) is 16.0 Å². The van der Waals surface area contributed by atoms with Crippen LogP contribution in [0.3, 0.4) is 0 Å². The molecule has 1 saturated heterocycles. The van der Waals surface area contributed by atoms with Crippen molar-refractivity contribution in [2.45, 2.75) is 45.1 Å². The standard InChI is InChI=1S/C29H37N9O3/c1-20-11-16-37(26(40)10-14-31)18-24(20)36(2)27-23-12-17-38(28(23)34-19-33-27)29(41)32-15-3-4-25(39)35-22-7-5-21(6-8-22)9-13-30/h5-8,12,17,19-20,24H,3-4,9-11,13,15-16,18,30H2,1-2H3,(H,32,41)(H,35,39)/t20-,24+/m1/s1. The number of aromatic nitrogens is 3. The molecule has 3 aromatic rings. The lowest BCUT2D eigenvalue weighted by Gasteiger charge is -2.42. The van der Waals surface area contributed by atoms with Crippen LogP contribution >= 0.6 is 0 Å². The number of benzene rings is 1. The van der Waals surface area contributed by atoms with Gasteiger partial charge >= 0.3 is 6.03 Å². The molecule has 3 amide bonds. The topological polar surface area (TPSA) is 162 Å². The van der Waals surface area contributed by atoms with Crippen molar-refractivity contribution in [2.75, 3.05) is 43.4 Å². The molecule has 4 N–H and O–H groups in total. The molecule has 3 heterocycles. The first-order valence-electron chi connectivity index (χ1n) is 13.9. The van der Waals surface area contributed by atoms with E-state index >= 15 is 0 Å². The van der Waals surface area contributed by atoms with Gasteiger partial charge in [0.15, 0.2) is 5.65 Å². The van der Waals surface area contributed by atoms with Crippen LogP contribution in [0.15, 0.2) is 42.9 Å². The van der Waals surface area contributed by atoms with Gasteiger partial charge < -0.3 is 26.2 Å². The van der Waals surface area contributed by atoms with Crippen LogP contribution in [0.4, 0.5) is 16.3 Å². The molecule has 0 saturated carbocycles. The zero-order valence-corrected chi connectivity index (χ0v) is 23.5. The molecule has 216 valence electrons. The Labute approximate surface area is 239 Å². The molecule has 0 radical (unpaired) electrons. The number of likely N-dealkylation sites (N-methyl/N-ethyl adjacent to an activating group) is 1. The number of nitriles is 1. The molecule has 1 fully saturated rings. The van der Waals surface area contributed by atoms with Crippen molar-refractivity contribution < 1.29 is 14.4 Å². The first-order valence-corrected chi connectivity index (χ1v) is 13.9. The third-order valence-corrected chi connectivity index (χ3v) is 7.54. The molecule has 4 rings (SSSR count). The predicted octanol–water partition coefficient (Wildman–Crippen LogP) is 2.50. The Hall–Kier alpha value is -4.50. The highest BCUT2D eigenvalue weighted by molar-refractivity contribution is 5.95. The van der Waals surface area contributed by atoms with E-state index in [0.29, 0.717) is 50.0 Å². The average Bonchev–Trinajstić information content (AvgIpc) is 3.41. The van der Waals surface area contributed by atoms with Gasteiger partial charge in [-0.3, -0.25) is 14.2 Å². The number of amides is 3. The molecule has 0 unspecified atom stereocenters. The monoisotopic (exact) mass is 559 g/mol. The highest BCUT2D eigenvalue weighted by Crippen LogP contribution is 2.29. The highest BCUT2D eigenvalue weighted by Gasteiger charge is 2.32. The predicted molar refractivity (Wildman–Crippen MR) is 156 cm³/mol. The quantitative estimate of drug-likeness (QED) is 0.319. The summed E-state index contributed by atoms with van der Waals surface area (Å²) in [6, 6.07) is 11.0. The fourth-order valence-electron chi connectivity index (χ4n) is 5.17. The van der Waals surface area contributed by atoms with Gasteiger partial charge in [0.25, 0.3) is 0 Å². The molecular weight excluding hydrogens is 522 g/mol. The van der Waals surface area contributed by atoms with Crippen molar-refractivity contribution in [3.8, 4) is 6.07 Å². The van der Waals surface area contributed by atoms with Crippen LogP contribution in [0.25, 0.3) is 11.0 Å². The van der Waals surface area contributed by atoms with Crippen LogP contribution in [0.1, 0.15) is 38.2 Å². The number of nitrogens with two attached hydrogens (primary N) is 1. The van der Waals surface area contributed by atoms with E-state index in [1.54, 1.807) is 17.2 Å². The Balaban J connectivity index is 1.33. The molecule has 41 heavy (non-hydrogen) atoms. The molecule has 0 spiro atoms. The zero-order valence-electron chi connectivity index (χ0n) is 23.5. The number of nitrogens with zero attached hydrogens (tertiary/aromatic N) is 6. The molecule has 2 aromatic heterocycles. The number of hydrogen-bond donors (Lipinski definition) is 3. The fourth-order valence-corrected chi connectivity index (χ4v) is 5.17. The summed E-state index contributed by atoms with van der Waals surface area (Å²) >= 11 is 0. The van der Waals surface area contributed by atoms with Gasteiger partial charge in [0.2, 0.25) is 11.8 Å². The molecule has 12 heteroatoms. The number of carbonyl (C=O) groups is 3. The summed E-state index contributed by atoms with van der Waals surface area (Å²) in [5.74, 6) is 0.681. The molecule has 1 aliphatic heterocycles. The summed E-state index contributed by atoms with van der Waals surface area (Å²) in [5.41, 5.74) is 7.88. The largest absolute Gasteiger partial charge is 0.354 e. The second-order valence-electron chi connectivity index (χ2n) is 10.4. The Kier molecular flexibility index (Phi) is 9.86. The van der Waals surface area contributed by atoms with E-state index in [-0.39, 0.29) is 36.7 Å². The first-order chi connectivity index (χ1) is 19.8. The van der Waals surface area contributed by atoms with E-state index in [2.05, 4.69) is 27.5 Å². The molecular formula is C29H37N9O3. The summed E-state index contributed by atoms with van der Waals surface area (Å²) in [4.78, 5) is 50.2. The van der Waals surface area contributed by atoms with E-state index in [9.17, 15) is 14.4 Å². The summed E-state index contributed by atoms with van der Waals surface area (Å²) in [5, 5.41) is 15.4. The van der Waals surface area contributed by atoms with Gasteiger partial charge in [-0.05, 0) is 55.5 Å². The van der Waals surface area contributed by atoms with E-state index in [4.69, 9.17) is 11.0 Å². The van der Waals surface area contributed by atoms with Gasteiger partial charge in [0.05, 0.1) is 17.5 Å². The van der Waals surface area contributed by atoms with Gasteiger partial charge in [-0.2, -0.15) is 5.26 Å². The van der Waals surface area contributed by atoms with Gasteiger partial charge in [-0.1, -0.05) is 19.1 Å². The van der Waals surface area contributed by atoms with E-state index < -0.39 is 0 Å². The minimum atomic E-state index is -0.345. The van der Waals surface area contributed by atoms with Crippen LogP contribution in [-0.4, -0.2) is 76.5 Å². The van der Waals surface area contributed by atoms with Crippen molar-refractivity contribution in [2.24, 2.45) is 11.7 Å². The van der Waals surface area contributed by atoms with Gasteiger partial charge in [0.1, 0.15) is 18.6 Å². The minimum absolute atomic E-state index is 0.00306. The molecule has 1 aromatic carbocycles. The maximum Gasteiger partial charge on any atom is 0.327 e. The number of piperidine rings is 1. The van der Waals surface area contributed by atoms with Gasteiger partial charge in [-0.25, -0.2) is 14.8 Å². The Morgan fingerprint density at radius 1 is 1.20 bits per heavy atom. The number of likely N-dealkylation sites (tertiary alicyclic amines) is 1. The van der Waals surface area contributed by atoms with Crippen LogP contribution < -0.4 is 21.3 Å². The van der Waals surface area contributed by atoms with E-state index in [0.717, 1.165) is 29.5 Å². The van der Waals surface area contributed by atoms with E-state index in [1.165, 1.54) is 10.9 Å². The maximum atomic E-state index is 13.0. The molecule has 0 aliphatic carbocycles. The second kappa shape index (κ2) is 13.7. The first kappa shape index (κ1) is 29.5. The van der Waals surface area contributed by atoms with Crippen molar-refractivity contribution in [1.29, 1.82) is 5.26 Å². The Morgan fingerprint density at radius 2 is 1.98 bits per heavy atom. The average molecular weight is 560 g/mol. The Morgan fingerprint density at radius 3 is 2.71 bits per heavy atom. The molecule has 2 atom stereocenters. The summed E-state index contributed by atoms with van der Waals surface area (Å²) in [6.45, 7) is 4.17. The number of fused-ring (bicyclic) bond motifs is 1. The SMILES string of the molecule is C[C@@H]1CCN(C(=O)CC#N)C[C@@H]1N(C)c1ncnc2c1ccn2C(=O)NCCCC(=O)Nc1ccc(CCN)cc1. The fraction of sp³-hybridized carbons (Fsp3) is 0.448. The summed E-state index contributed by atoms with van der Waals surface area (Å²) < 4.78 is 1.43. The number of nitrogens with one attached hydrogen (secondary N) is 2. The number of hydrogen-bond acceptors (Lipinski definition) is 8. The van der Waals surface area contributed by atoms with Crippen molar-refractivity contribution >= 4 is 40.4 Å². The van der Waals surface area contributed by atoms with Crippen LogP contribution in [0.5, 0.6) is 0 Å². The maximum absolute atomic E-state index is 13.0. The second-order valence-corrected chi connectivity index (χ2v) is 10.4. The Bertz CT molecular complexity index is 1410. The highest BCUT2D eigenvalue weighted by atomic mass is 16.2. The van der Waals surface area contributed by atoms with Crippen molar-refractivity contribution in [1.82, 2.24) is 24.8 Å².